The van der Waals surface area contributed by atoms with Crippen LogP contribution >= 0.6 is 0 Å². The van der Waals surface area contributed by atoms with E-state index >= 15 is 0 Å². The Labute approximate surface area is 133 Å². The standard InChI is InChI=1S/C17H29NO4/c1-10-9-12(21-14(19)11(2)16(3,4)5)13(10)18-15(20)22-17(6,7)8/h10,12-13H,2,9H2,1,3-8H3,(H,18,20). The summed E-state index contributed by atoms with van der Waals surface area (Å²) in [4.78, 5) is 23.9. The van der Waals surface area contributed by atoms with Crippen molar-refractivity contribution >= 4 is 12.1 Å². The topological polar surface area (TPSA) is 64.6 Å². The van der Waals surface area contributed by atoms with Crippen molar-refractivity contribution < 1.29 is 19.1 Å². The summed E-state index contributed by atoms with van der Waals surface area (Å²) in [6.45, 7) is 17.0. The zero-order valence-electron chi connectivity index (χ0n) is 14.8. The van der Waals surface area contributed by atoms with Gasteiger partial charge in [-0.1, -0.05) is 34.3 Å². The maximum Gasteiger partial charge on any atom is 0.408 e. The lowest BCUT2D eigenvalue weighted by atomic mass is 9.78. The lowest BCUT2D eigenvalue weighted by Crippen LogP contribution is -2.58. The number of ether oxygens (including phenoxy) is 2. The van der Waals surface area contributed by atoms with Gasteiger partial charge in [0.25, 0.3) is 0 Å². The van der Waals surface area contributed by atoms with Crippen molar-refractivity contribution in [3.63, 3.8) is 0 Å². The molecule has 0 heterocycles. The Morgan fingerprint density at radius 1 is 1.14 bits per heavy atom. The quantitative estimate of drug-likeness (QED) is 0.640. The molecule has 5 heteroatoms. The third-order valence-corrected chi connectivity index (χ3v) is 3.71. The lowest BCUT2D eigenvalue weighted by molar-refractivity contribution is -0.154. The number of nitrogens with one attached hydrogen (secondary N) is 1. The van der Waals surface area contributed by atoms with E-state index in [0.29, 0.717) is 5.57 Å². The molecule has 1 fully saturated rings. The number of hydrogen-bond donors (Lipinski definition) is 1. The van der Waals surface area contributed by atoms with Crippen molar-refractivity contribution in [3.05, 3.63) is 12.2 Å². The van der Waals surface area contributed by atoms with Crippen LogP contribution in [0.3, 0.4) is 0 Å². The van der Waals surface area contributed by atoms with Crippen LogP contribution in [-0.2, 0) is 14.3 Å². The molecule has 1 N–H and O–H groups in total. The summed E-state index contributed by atoms with van der Waals surface area (Å²) in [7, 11) is 0. The SMILES string of the molecule is C=C(C(=O)OC1CC(C)C1NC(=O)OC(C)(C)C)C(C)(C)C. The zero-order valence-corrected chi connectivity index (χ0v) is 14.8. The molecule has 1 amide bonds. The molecule has 1 aliphatic carbocycles. The monoisotopic (exact) mass is 311 g/mol. The molecule has 0 bridgehead atoms. The van der Waals surface area contributed by atoms with Crippen LogP contribution in [0.5, 0.6) is 0 Å². The molecule has 0 radical (unpaired) electrons. The van der Waals surface area contributed by atoms with Crippen molar-refractivity contribution in [2.45, 2.75) is 72.6 Å². The van der Waals surface area contributed by atoms with Crippen LogP contribution in [0.25, 0.3) is 0 Å². The number of rotatable bonds is 3. The van der Waals surface area contributed by atoms with Gasteiger partial charge in [-0.05, 0) is 38.5 Å². The Balaban J connectivity index is 2.57. The maximum absolute atomic E-state index is 12.1. The van der Waals surface area contributed by atoms with Gasteiger partial charge < -0.3 is 14.8 Å². The molecule has 1 aliphatic rings. The molecule has 3 unspecified atom stereocenters. The second-order valence-corrected chi connectivity index (χ2v) is 8.06. The third-order valence-electron chi connectivity index (χ3n) is 3.71. The Bertz CT molecular complexity index is 456. The minimum Gasteiger partial charge on any atom is -0.457 e. The summed E-state index contributed by atoms with van der Waals surface area (Å²) < 4.78 is 10.7. The van der Waals surface area contributed by atoms with E-state index in [2.05, 4.69) is 11.9 Å². The van der Waals surface area contributed by atoms with Crippen molar-refractivity contribution in [1.82, 2.24) is 5.32 Å². The van der Waals surface area contributed by atoms with Gasteiger partial charge in [0.2, 0.25) is 0 Å². The van der Waals surface area contributed by atoms with Gasteiger partial charge in [0.05, 0.1) is 6.04 Å². The smallest absolute Gasteiger partial charge is 0.408 e. The highest BCUT2D eigenvalue weighted by Gasteiger charge is 2.43. The molecule has 22 heavy (non-hydrogen) atoms. The van der Waals surface area contributed by atoms with Gasteiger partial charge in [0, 0.05) is 5.57 Å². The van der Waals surface area contributed by atoms with Crippen molar-refractivity contribution in [1.29, 1.82) is 0 Å². The number of carbonyl (C=O) groups excluding carboxylic acids is 2. The molecule has 126 valence electrons. The highest BCUT2D eigenvalue weighted by atomic mass is 16.6. The van der Waals surface area contributed by atoms with Gasteiger partial charge in [0.1, 0.15) is 11.7 Å². The molecule has 5 nitrogen and oxygen atoms in total. The van der Waals surface area contributed by atoms with Crippen LogP contribution in [0.2, 0.25) is 0 Å². The summed E-state index contributed by atoms with van der Waals surface area (Å²) in [5.41, 5.74) is -0.451. The zero-order chi connectivity index (χ0) is 17.3. The van der Waals surface area contributed by atoms with Crippen LogP contribution in [0.4, 0.5) is 4.79 Å². The summed E-state index contributed by atoms with van der Waals surface area (Å²) in [6, 6.07) is -0.216. The fraction of sp³-hybridized carbons (Fsp3) is 0.765. The molecule has 3 atom stereocenters. The van der Waals surface area contributed by atoms with E-state index in [9.17, 15) is 9.59 Å². The first-order valence-electron chi connectivity index (χ1n) is 7.71. The summed E-state index contributed by atoms with van der Waals surface area (Å²) in [5, 5.41) is 2.79. The Morgan fingerprint density at radius 3 is 2.09 bits per heavy atom. The molecule has 1 rings (SSSR count). The normalized spacial score (nSPS) is 25.0. The van der Waals surface area contributed by atoms with Gasteiger partial charge in [0.15, 0.2) is 0 Å². The lowest BCUT2D eigenvalue weighted by Gasteiger charge is -2.42. The number of amides is 1. The van der Waals surface area contributed by atoms with Gasteiger partial charge in [-0.25, -0.2) is 9.59 Å². The number of hydrogen-bond acceptors (Lipinski definition) is 4. The minimum atomic E-state index is -0.552. The summed E-state index contributed by atoms with van der Waals surface area (Å²) in [5.74, 6) is -0.159. The van der Waals surface area contributed by atoms with Gasteiger partial charge >= 0.3 is 12.1 Å². The van der Waals surface area contributed by atoms with Gasteiger partial charge in [-0.2, -0.15) is 0 Å². The summed E-state index contributed by atoms with van der Waals surface area (Å²) >= 11 is 0. The Morgan fingerprint density at radius 2 is 1.68 bits per heavy atom. The van der Waals surface area contributed by atoms with Gasteiger partial charge in [-0.15, -0.1) is 0 Å². The van der Waals surface area contributed by atoms with Crippen molar-refractivity contribution in [2.75, 3.05) is 0 Å². The van der Waals surface area contributed by atoms with E-state index < -0.39 is 17.7 Å². The molecule has 0 aromatic carbocycles. The number of esters is 1. The Kier molecular flexibility index (Phi) is 5.31. The minimum absolute atomic E-state index is 0.216. The fourth-order valence-corrected chi connectivity index (χ4v) is 2.15. The molecule has 0 saturated heterocycles. The fourth-order valence-electron chi connectivity index (χ4n) is 2.15. The molecule has 1 saturated carbocycles. The number of alkyl carbamates (subject to hydrolysis) is 1. The molecular weight excluding hydrogens is 282 g/mol. The van der Waals surface area contributed by atoms with Crippen molar-refractivity contribution in [3.8, 4) is 0 Å². The van der Waals surface area contributed by atoms with E-state index in [1.54, 1.807) is 0 Å². The Hall–Kier alpha value is -1.52. The van der Waals surface area contributed by atoms with Crippen LogP contribution in [0.15, 0.2) is 12.2 Å². The van der Waals surface area contributed by atoms with E-state index in [1.807, 2.05) is 48.5 Å². The first-order chi connectivity index (χ1) is 9.81. The highest BCUT2D eigenvalue weighted by Crippen LogP contribution is 2.33. The van der Waals surface area contributed by atoms with Crippen LogP contribution in [0, 0.1) is 11.3 Å². The third kappa shape index (κ3) is 5.04. The highest BCUT2D eigenvalue weighted by molar-refractivity contribution is 5.89. The maximum atomic E-state index is 12.1. The molecule has 0 aliphatic heterocycles. The molecular formula is C17H29NO4. The predicted molar refractivity (Wildman–Crippen MR) is 85.4 cm³/mol. The largest absolute Gasteiger partial charge is 0.457 e. The van der Waals surface area contributed by atoms with Crippen LogP contribution in [0.1, 0.15) is 54.9 Å². The first kappa shape index (κ1) is 18.5. The second-order valence-electron chi connectivity index (χ2n) is 8.06. The predicted octanol–water partition coefficient (Wildman–Crippen LogP) is 3.43. The van der Waals surface area contributed by atoms with E-state index in [1.165, 1.54) is 0 Å². The van der Waals surface area contributed by atoms with Crippen LogP contribution in [-0.4, -0.2) is 29.8 Å². The number of carbonyl (C=O) groups is 2. The van der Waals surface area contributed by atoms with E-state index in [-0.39, 0.29) is 23.5 Å². The van der Waals surface area contributed by atoms with Gasteiger partial charge in [-0.3, -0.25) is 0 Å². The first-order valence-corrected chi connectivity index (χ1v) is 7.71. The average molecular weight is 311 g/mol. The molecule has 0 aromatic heterocycles. The van der Waals surface area contributed by atoms with E-state index in [0.717, 1.165) is 6.42 Å². The van der Waals surface area contributed by atoms with Crippen molar-refractivity contribution in [2.24, 2.45) is 11.3 Å². The van der Waals surface area contributed by atoms with Crippen LogP contribution < -0.4 is 5.32 Å². The molecule has 0 spiro atoms. The molecule has 0 aromatic rings. The summed E-state index contributed by atoms with van der Waals surface area (Å²) in [6.07, 6.45) is -0.0854. The second kappa shape index (κ2) is 6.31. The van der Waals surface area contributed by atoms with E-state index in [4.69, 9.17) is 9.47 Å². The average Bonchev–Trinajstić information content (AvgIpc) is 2.31.